The Bertz CT molecular complexity index is 464. The summed E-state index contributed by atoms with van der Waals surface area (Å²) in [5, 5.41) is 0. The van der Waals surface area contributed by atoms with Crippen molar-refractivity contribution in [1.82, 2.24) is 4.90 Å². The largest absolute Gasteiger partial charge is 0.377 e. The van der Waals surface area contributed by atoms with Gasteiger partial charge in [0.1, 0.15) is 5.82 Å². The zero-order valence-electron chi connectivity index (χ0n) is 12.7. The van der Waals surface area contributed by atoms with Gasteiger partial charge in [-0.1, -0.05) is 19.1 Å². The lowest BCUT2D eigenvalue weighted by atomic mass is 10.1. The highest BCUT2D eigenvalue weighted by atomic mass is 19.1. The molecule has 0 saturated carbocycles. The summed E-state index contributed by atoms with van der Waals surface area (Å²) in [7, 11) is 0. The first-order valence-corrected chi connectivity index (χ1v) is 7.82. The van der Waals surface area contributed by atoms with Crippen molar-refractivity contribution in [1.29, 1.82) is 0 Å². The smallest absolute Gasteiger partial charge is 0.167 e. The Morgan fingerprint density at radius 2 is 2.24 bits per heavy atom. The van der Waals surface area contributed by atoms with E-state index in [1.807, 2.05) is 0 Å². The fourth-order valence-corrected chi connectivity index (χ4v) is 2.72. The maximum atomic E-state index is 13.6. The number of Topliss-reactive ketones (excluding diaryl/α,β-unsaturated/α-hetero) is 1. The molecule has 1 heterocycles. The maximum Gasteiger partial charge on any atom is 0.167 e. The molecule has 0 N–H and O–H groups in total. The predicted molar refractivity (Wildman–Crippen MR) is 81.1 cm³/mol. The Labute approximate surface area is 126 Å². The SMILES string of the molecule is CCCOC1CCCN(CCC(=O)c2ccccc2F)C1. The number of benzene rings is 1. The summed E-state index contributed by atoms with van der Waals surface area (Å²) in [6.45, 7) is 5.46. The zero-order chi connectivity index (χ0) is 15.1. The molecular formula is C17H24FNO2. The maximum absolute atomic E-state index is 13.6. The van der Waals surface area contributed by atoms with Crippen LogP contribution in [-0.2, 0) is 4.74 Å². The minimum absolute atomic E-state index is 0.121. The van der Waals surface area contributed by atoms with Crippen molar-refractivity contribution in [2.75, 3.05) is 26.2 Å². The molecule has 0 amide bonds. The van der Waals surface area contributed by atoms with Gasteiger partial charge in [-0.05, 0) is 37.9 Å². The summed E-state index contributed by atoms with van der Waals surface area (Å²) in [6, 6.07) is 6.20. The molecule has 116 valence electrons. The van der Waals surface area contributed by atoms with Crippen molar-refractivity contribution in [3.63, 3.8) is 0 Å². The first-order chi connectivity index (χ1) is 10.2. The summed E-state index contributed by atoms with van der Waals surface area (Å²) < 4.78 is 19.3. The number of ketones is 1. The summed E-state index contributed by atoms with van der Waals surface area (Å²) in [5.74, 6) is -0.546. The van der Waals surface area contributed by atoms with Crippen LogP contribution in [-0.4, -0.2) is 43.0 Å². The predicted octanol–water partition coefficient (Wildman–Crippen LogP) is 3.29. The number of likely N-dealkylation sites (tertiary alicyclic amines) is 1. The van der Waals surface area contributed by atoms with E-state index < -0.39 is 5.82 Å². The monoisotopic (exact) mass is 293 g/mol. The van der Waals surface area contributed by atoms with E-state index in [9.17, 15) is 9.18 Å². The van der Waals surface area contributed by atoms with Gasteiger partial charge in [-0.2, -0.15) is 0 Å². The van der Waals surface area contributed by atoms with Gasteiger partial charge in [0.25, 0.3) is 0 Å². The highest BCUT2D eigenvalue weighted by Crippen LogP contribution is 2.15. The van der Waals surface area contributed by atoms with E-state index in [0.29, 0.717) is 13.0 Å². The molecule has 1 aromatic carbocycles. The molecule has 1 aliphatic rings. The van der Waals surface area contributed by atoms with E-state index in [1.165, 1.54) is 6.07 Å². The lowest BCUT2D eigenvalue weighted by Gasteiger charge is -2.32. The van der Waals surface area contributed by atoms with E-state index in [2.05, 4.69) is 11.8 Å². The molecule has 3 nitrogen and oxygen atoms in total. The van der Waals surface area contributed by atoms with Crippen molar-refractivity contribution in [2.24, 2.45) is 0 Å². The molecule has 1 aromatic rings. The van der Waals surface area contributed by atoms with Crippen molar-refractivity contribution in [2.45, 2.75) is 38.7 Å². The number of ether oxygens (including phenoxy) is 1. The van der Waals surface area contributed by atoms with Crippen LogP contribution in [0.3, 0.4) is 0 Å². The van der Waals surface area contributed by atoms with Gasteiger partial charge in [0.05, 0.1) is 11.7 Å². The number of carbonyl (C=O) groups excluding carboxylic acids is 1. The van der Waals surface area contributed by atoms with Gasteiger partial charge in [-0.25, -0.2) is 4.39 Å². The summed E-state index contributed by atoms with van der Waals surface area (Å²) in [5.41, 5.74) is 0.202. The molecule has 21 heavy (non-hydrogen) atoms. The molecule has 2 rings (SSSR count). The first-order valence-electron chi connectivity index (χ1n) is 7.82. The molecule has 4 heteroatoms. The summed E-state index contributed by atoms with van der Waals surface area (Å²) in [4.78, 5) is 14.3. The third-order valence-electron chi connectivity index (χ3n) is 3.85. The number of nitrogens with zero attached hydrogens (tertiary/aromatic N) is 1. The van der Waals surface area contributed by atoms with Crippen LogP contribution in [0.4, 0.5) is 4.39 Å². The van der Waals surface area contributed by atoms with Crippen LogP contribution in [0.5, 0.6) is 0 Å². The second-order valence-electron chi connectivity index (χ2n) is 5.59. The number of carbonyl (C=O) groups is 1. The van der Waals surface area contributed by atoms with Gasteiger partial charge in [0.15, 0.2) is 5.78 Å². The number of rotatable bonds is 7. The highest BCUT2D eigenvalue weighted by Gasteiger charge is 2.21. The molecule has 0 aromatic heterocycles. The van der Waals surface area contributed by atoms with Crippen molar-refractivity contribution in [3.8, 4) is 0 Å². The number of halogens is 1. The Balaban J connectivity index is 1.80. The number of piperidine rings is 1. The highest BCUT2D eigenvalue weighted by molar-refractivity contribution is 5.96. The van der Waals surface area contributed by atoms with Gasteiger partial charge >= 0.3 is 0 Å². The van der Waals surface area contributed by atoms with E-state index >= 15 is 0 Å². The first kappa shape index (κ1) is 16.1. The summed E-state index contributed by atoms with van der Waals surface area (Å²) in [6.07, 6.45) is 3.87. The number of hydrogen-bond acceptors (Lipinski definition) is 3. The average molecular weight is 293 g/mol. The minimum atomic E-state index is -0.426. The van der Waals surface area contributed by atoms with Crippen LogP contribution in [0.2, 0.25) is 0 Å². The Hall–Kier alpha value is -1.26. The fourth-order valence-electron chi connectivity index (χ4n) is 2.72. The molecule has 1 fully saturated rings. The second-order valence-corrected chi connectivity index (χ2v) is 5.59. The van der Waals surface area contributed by atoms with Gasteiger partial charge in [-0.3, -0.25) is 4.79 Å². The average Bonchev–Trinajstić information content (AvgIpc) is 2.51. The van der Waals surface area contributed by atoms with Crippen LogP contribution in [0.15, 0.2) is 24.3 Å². The summed E-state index contributed by atoms with van der Waals surface area (Å²) >= 11 is 0. The Morgan fingerprint density at radius 3 is 3.00 bits per heavy atom. The third-order valence-corrected chi connectivity index (χ3v) is 3.85. The van der Waals surface area contributed by atoms with E-state index in [-0.39, 0.29) is 17.5 Å². The van der Waals surface area contributed by atoms with Gasteiger partial charge in [0, 0.05) is 26.1 Å². The topological polar surface area (TPSA) is 29.5 Å². The Kier molecular flexibility index (Phi) is 6.33. The molecule has 1 atom stereocenters. The zero-order valence-corrected chi connectivity index (χ0v) is 12.7. The van der Waals surface area contributed by atoms with Crippen molar-refractivity contribution >= 4 is 5.78 Å². The molecule has 0 bridgehead atoms. The third kappa shape index (κ3) is 4.90. The van der Waals surface area contributed by atoms with Crippen molar-refractivity contribution in [3.05, 3.63) is 35.6 Å². The van der Waals surface area contributed by atoms with Gasteiger partial charge in [-0.15, -0.1) is 0 Å². The lowest BCUT2D eigenvalue weighted by Crippen LogP contribution is -2.40. The van der Waals surface area contributed by atoms with Crippen LogP contribution < -0.4 is 0 Å². The number of hydrogen-bond donors (Lipinski definition) is 0. The van der Waals surface area contributed by atoms with Crippen LogP contribution in [0, 0.1) is 5.82 Å². The molecular weight excluding hydrogens is 269 g/mol. The van der Waals surface area contributed by atoms with Gasteiger partial charge in [0.2, 0.25) is 0 Å². The van der Waals surface area contributed by atoms with Crippen molar-refractivity contribution < 1.29 is 13.9 Å². The molecule has 1 saturated heterocycles. The molecule has 1 unspecified atom stereocenters. The van der Waals surface area contributed by atoms with Crippen LogP contribution in [0.25, 0.3) is 0 Å². The molecule has 0 aliphatic carbocycles. The van der Waals surface area contributed by atoms with Crippen LogP contribution in [0.1, 0.15) is 43.0 Å². The fraction of sp³-hybridized carbons (Fsp3) is 0.588. The lowest BCUT2D eigenvalue weighted by molar-refractivity contribution is -0.0000286. The van der Waals surface area contributed by atoms with E-state index in [4.69, 9.17) is 4.74 Å². The molecule has 1 aliphatic heterocycles. The minimum Gasteiger partial charge on any atom is -0.377 e. The van der Waals surface area contributed by atoms with Crippen LogP contribution >= 0.6 is 0 Å². The molecule has 0 radical (unpaired) electrons. The van der Waals surface area contributed by atoms with Gasteiger partial charge < -0.3 is 9.64 Å². The van der Waals surface area contributed by atoms with E-state index in [1.54, 1.807) is 18.2 Å². The Morgan fingerprint density at radius 1 is 1.43 bits per heavy atom. The molecule has 0 spiro atoms. The van der Waals surface area contributed by atoms with E-state index in [0.717, 1.165) is 39.0 Å². The normalized spacial score (nSPS) is 19.6. The second kappa shape index (κ2) is 8.25. The quantitative estimate of drug-likeness (QED) is 0.723. The standard InChI is InChI=1S/C17H24FNO2/c1-2-12-21-14-6-5-10-19(13-14)11-9-17(20)15-7-3-4-8-16(15)18/h3-4,7-8,14H,2,5-6,9-13H2,1H3.